The molecule has 2 aromatic heterocycles. The van der Waals surface area contributed by atoms with Crippen LogP contribution in [0, 0.1) is 12.8 Å². The fraction of sp³-hybridized carbons (Fsp3) is 0.381. The predicted molar refractivity (Wildman–Crippen MR) is 116 cm³/mol. The predicted octanol–water partition coefficient (Wildman–Crippen LogP) is 3.93. The zero-order valence-electron chi connectivity index (χ0n) is 17.2. The number of hydrogen-bond acceptors (Lipinski definition) is 7. The second kappa shape index (κ2) is 7.81. The molecule has 0 radical (unpaired) electrons. The van der Waals surface area contributed by atoms with E-state index in [1.165, 1.54) is 0 Å². The van der Waals surface area contributed by atoms with Gasteiger partial charge in [0.2, 0.25) is 11.9 Å². The smallest absolute Gasteiger partial charge is 0.417 e. The minimum Gasteiger partial charge on any atom is -0.447 e. The summed E-state index contributed by atoms with van der Waals surface area (Å²) in [5, 5.41) is 3.96. The van der Waals surface area contributed by atoms with E-state index in [2.05, 4.69) is 25.3 Å². The molecule has 1 saturated heterocycles. The molecular weight excluding hydrogens is 418 g/mol. The largest absolute Gasteiger partial charge is 0.447 e. The second-order valence-electron chi connectivity index (χ2n) is 7.91. The molecule has 9 nitrogen and oxygen atoms in total. The summed E-state index contributed by atoms with van der Waals surface area (Å²) >= 11 is 5.97. The maximum atomic E-state index is 12.3. The van der Waals surface area contributed by atoms with Gasteiger partial charge in [0.25, 0.3) is 0 Å². The van der Waals surface area contributed by atoms with Crippen LogP contribution in [0.25, 0.3) is 5.69 Å². The highest BCUT2D eigenvalue weighted by molar-refractivity contribution is 6.30. The Bertz CT molecular complexity index is 1110. The van der Waals surface area contributed by atoms with E-state index < -0.39 is 6.09 Å². The topological polar surface area (TPSA) is 98.1 Å². The molecule has 0 bridgehead atoms. The molecule has 31 heavy (non-hydrogen) atoms. The molecule has 5 rings (SSSR count). The van der Waals surface area contributed by atoms with E-state index in [1.54, 1.807) is 18.2 Å². The van der Waals surface area contributed by atoms with Crippen molar-refractivity contribution in [3.63, 3.8) is 0 Å². The highest BCUT2D eigenvalue weighted by atomic mass is 35.5. The van der Waals surface area contributed by atoms with Crippen LogP contribution in [0.5, 0.6) is 0 Å². The summed E-state index contributed by atoms with van der Waals surface area (Å²) in [5.74, 6) is 1.70. The average Bonchev–Trinajstić information content (AvgIpc) is 3.32. The summed E-state index contributed by atoms with van der Waals surface area (Å²) < 4.78 is 7.19. The molecule has 1 N–H and O–H groups in total. The van der Waals surface area contributed by atoms with E-state index in [0.29, 0.717) is 35.3 Å². The van der Waals surface area contributed by atoms with Crippen LogP contribution in [0.4, 0.5) is 16.7 Å². The van der Waals surface area contributed by atoms with E-state index in [4.69, 9.17) is 16.3 Å². The molecule has 1 aliphatic carbocycles. The first kappa shape index (κ1) is 19.7. The normalized spacial score (nSPS) is 19.4. The van der Waals surface area contributed by atoms with Crippen molar-refractivity contribution in [1.82, 2.24) is 24.5 Å². The molecule has 2 aliphatic rings. The van der Waals surface area contributed by atoms with Gasteiger partial charge in [-0.05, 0) is 56.9 Å². The summed E-state index contributed by atoms with van der Waals surface area (Å²) in [7, 11) is 0. The van der Waals surface area contributed by atoms with Crippen LogP contribution in [-0.4, -0.2) is 43.2 Å². The number of aromatic nitrogens is 5. The van der Waals surface area contributed by atoms with Crippen LogP contribution >= 0.6 is 11.6 Å². The van der Waals surface area contributed by atoms with Crippen molar-refractivity contribution in [2.24, 2.45) is 5.92 Å². The first-order chi connectivity index (χ1) is 15.0. The number of carbonyl (C=O) groups excluding carboxylic acids is 1. The van der Waals surface area contributed by atoms with Gasteiger partial charge >= 0.3 is 6.09 Å². The van der Waals surface area contributed by atoms with Gasteiger partial charge < -0.3 is 14.6 Å². The van der Waals surface area contributed by atoms with Crippen molar-refractivity contribution in [2.45, 2.75) is 38.8 Å². The SMILES string of the molecule is Cc1nc(N[C@@H](C)c2cn(-c3ccc(Cl)cc3)cn2)nc(N2C(=O)OCC2C2CC2)n1. The van der Waals surface area contributed by atoms with Gasteiger partial charge in [-0.25, -0.2) is 14.7 Å². The highest BCUT2D eigenvalue weighted by Crippen LogP contribution is 2.39. The number of cyclic esters (lactones) is 1. The van der Waals surface area contributed by atoms with Crippen molar-refractivity contribution < 1.29 is 9.53 Å². The minimum absolute atomic E-state index is 0.00496. The molecule has 1 amide bonds. The first-order valence-corrected chi connectivity index (χ1v) is 10.6. The van der Waals surface area contributed by atoms with Crippen molar-refractivity contribution >= 4 is 29.6 Å². The molecule has 2 atom stereocenters. The third-order valence-corrected chi connectivity index (χ3v) is 5.79. The number of carbonyl (C=O) groups is 1. The minimum atomic E-state index is -0.400. The number of rotatable bonds is 6. The first-order valence-electron chi connectivity index (χ1n) is 10.2. The summed E-state index contributed by atoms with van der Waals surface area (Å²) in [4.78, 5) is 31.7. The third-order valence-electron chi connectivity index (χ3n) is 5.54. The number of ether oxygens (including phenoxy) is 1. The summed E-state index contributed by atoms with van der Waals surface area (Å²) in [6, 6.07) is 7.37. The number of amides is 1. The zero-order chi connectivity index (χ0) is 21.5. The Balaban J connectivity index is 1.35. The number of halogens is 1. The Morgan fingerprint density at radius 2 is 1.97 bits per heavy atom. The monoisotopic (exact) mass is 439 g/mol. The second-order valence-corrected chi connectivity index (χ2v) is 8.34. The van der Waals surface area contributed by atoms with Crippen LogP contribution in [0.1, 0.15) is 37.3 Å². The maximum absolute atomic E-state index is 12.3. The Kier molecular flexibility index (Phi) is 4.97. The zero-order valence-corrected chi connectivity index (χ0v) is 18.0. The van der Waals surface area contributed by atoms with E-state index >= 15 is 0 Å². The van der Waals surface area contributed by atoms with E-state index in [9.17, 15) is 4.79 Å². The third kappa shape index (κ3) is 4.05. The molecule has 1 saturated carbocycles. The van der Waals surface area contributed by atoms with Crippen molar-refractivity contribution in [2.75, 3.05) is 16.8 Å². The molecular formula is C21H22ClN7O2. The quantitative estimate of drug-likeness (QED) is 0.621. The summed E-state index contributed by atoms with van der Waals surface area (Å²) in [6.07, 6.45) is 5.49. The molecule has 3 aromatic rings. The van der Waals surface area contributed by atoms with Crippen LogP contribution in [0.2, 0.25) is 5.02 Å². The lowest BCUT2D eigenvalue weighted by Gasteiger charge is -2.20. The standard InChI is InChI=1S/C21H22ClN7O2/c1-12(17-9-28(11-23-17)16-7-5-15(22)6-8-16)24-19-25-13(2)26-20(27-19)29-18(14-3-4-14)10-31-21(29)30/h5-9,11-12,14,18H,3-4,10H2,1-2H3,(H,24,25,26,27)/t12-,18?/m0/s1. The number of benzene rings is 1. The van der Waals surface area contributed by atoms with E-state index in [1.807, 2.05) is 42.0 Å². The fourth-order valence-electron chi connectivity index (χ4n) is 3.72. The number of nitrogens with zero attached hydrogens (tertiary/aromatic N) is 6. The number of hydrogen-bond donors (Lipinski definition) is 1. The van der Waals surface area contributed by atoms with Crippen LogP contribution < -0.4 is 10.2 Å². The Labute approximate surface area is 184 Å². The number of aryl methyl sites for hydroxylation is 1. The highest BCUT2D eigenvalue weighted by Gasteiger charge is 2.45. The molecule has 1 aliphatic heterocycles. The Morgan fingerprint density at radius 3 is 2.71 bits per heavy atom. The van der Waals surface area contributed by atoms with Crippen LogP contribution in [0.3, 0.4) is 0 Å². The van der Waals surface area contributed by atoms with Crippen LogP contribution in [0.15, 0.2) is 36.8 Å². The molecule has 3 heterocycles. The summed E-state index contributed by atoms with van der Waals surface area (Å²) in [5.41, 5.74) is 1.79. The maximum Gasteiger partial charge on any atom is 0.417 e. The molecule has 160 valence electrons. The number of imidazole rings is 1. The van der Waals surface area contributed by atoms with Gasteiger partial charge in [-0.3, -0.25) is 0 Å². The van der Waals surface area contributed by atoms with Crippen LogP contribution in [-0.2, 0) is 4.74 Å². The fourth-order valence-corrected chi connectivity index (χ4v) is 3.84. The van der Waals surface area contributed by atoms with Gasteiger partial charge in [-0.15, -0.1) is 0 Å². The van der Waals surface area contributed by atoms with Gasteiger partial charge in [0.05, 0.1) is 24.1 Å². The summed E-state index contributed by atoms with van der Waals surface area (Å²) in [6.45, 7) is 4.14. The Hall–Kier alpha value is -3.20. The number of nitrogens with one attached hydrogen (secondary N) is 1. The van der Waals surface area contributed by atoms with Gasteiger partial charge in [0, 0.05) is 16.9 Å². The lowest BCUT2D eigenvalue weighted by molar-refractivity contribution is 0.178. The Morgan fingerprint density at radius 1 is 1.19 bits per heavy atom. The van der Waals surface area contributed by atoms with Crippen molar-refractivity contribution in [1.29, 1.82) is 0 Å². The molecule has 0 spiro atoms. The van der Waals surface area contributed by atoms with Gasteiger partial charge in [-0.2, -0.15) is 15.0 Å². The van der Waals surface area contributed by atoms with E-state index in [0.717, 1.165) is 24.2 Å². The van der Waals surface area contributed by atoms with Gasteiger partial charge in [-0.1, -0.05) is 11.6 Å². The van der Waals surface area contributed by atoms with Crippen molar-refractivity contribution in [3.8, 4) is 5.69 Å². The lowest BCUT2D eigenvalue weighted by atomic mass is 10.2. The molecule has 10 heteroatoms. The molecule has 1 aromatic carbocycles. The molecule has 2 fully saturated rings. The van der Waals surface area contributed by atoms with Gasteiger partial charge in [0.1, 0.15) is 12.4 Å². The molecule has 1 unspecified atom stereocenters. The lowest BCUT2D eigenvalue weighted by Crippen LogP contribution is -2.36. The van der Waals surface area contributed by atoms with Gasteiger partial charge in [0.15, 0.2) is 0 Å². The van der Waals surface area contributed by atoms with Crippen molar-refractivity contribution in [3.05, 3.63) is 53.3 Å². The van der Waals surface area contributed by atoms with E-state index in [-0.39, 0.29) is 12.1 Å². The number of anilines is 2. The average molecular weight is 440 g/mol.